The Hall–Kier alpha value is -0.160. The molecule has 0 aromatic rings. The van der Waals surface area contributed by atoms with Crippen molar-refractivity contribution in [2.75, 3.05) is 46.0 Å². The van der Waals surface area contributed by atoms with E-state index in [1.54, 1.807) is 0 Å². The van der Waals surface area contributed by atoms with Crippen LogP contribution in [0.2, 0.25) is 0 Å². The number of rotatable bonds is 4. The summed E-state index contributed by atoms with van der Waals surface area (Å²) in [5.41, 5.74) is 6.29. The van der Waals surface area contributed by atoms with Crippen LogP contribution >= 0.6 is 0 Å². The summed E-state index contributed by atoms with van der Waals surface area (Å²) in [6.45, 7) is 8.84. The fraction of sp³-hybridized carbons (Fsp3) is 1.00. The number of hydrogen-bond acceptors (Lipinski definition) is 4. The van der Waals surface area contributed by atoms with E-state index in [9.17, 15) is 0 Å². The first-order valence-corrected chi connectivity index (χ1v) is 6.90. The molecule has 17 heavy (non-hydrogen) atoms. The van der Waals surface area contributed by atoms with Crippen LogP contribution in [0.1, 0.15) is 26.2 Å². The van der Waals surface area contributed by atoms with Gasteiger partial charge in [0.1, 0.15) is 0 Å². The van der Waals surface area contributed by atoms with Crippen LogP contribution in [0.5, 0.6) is 0 Å². The van der Waals surface area contributed by atoms with Crippen LogP contribution in [0, 0.1) is 5.41 Å². The van der Waals surface area contributed by atoms with E-state index in [1.807, 2.05) is 0 Å². The van der Waals surface area contributed by atoms with Gasteiger partial charge in [-0.25, -0.2) is 0 Å². The minimum Gasteiger partial charge on any atom is -0.381 e. The van der Waals surface area contributed by atoms with E-state index in [-0.39, 0.29) is 5.41 Å². The molecule has 2 saturated heterocycles. The summed E-state index contributed by atoms with van der Waals surface area (Å²) in [6, 6.07) is 0. The second-order valence-electron chi connectivity index (χ2n) is 5.45. The van der Waals surface area contributed by atoms with Crippen LogP contribution in [0.15, 0.2) is 0 Å². The Morgan fingerprint density at radius 1 is 1.29 bits per heavy atom. The highest BCUT2D eigenvalue weighted by molar-refractivity contribution is 4.87. The van der Waals surface area contributed by atoms with Gasteiger partial charge in [0.05, 0.1) is 12.7 Å². The quantitative estimate of drug-likeness (QED) is 0.794. The van der Waals surface area contributed by atoms with Gasteiger partial charge in [-0.3, -0.25) is 4.90 Å². The molecule has 100 valence electrons. The molecule has 2 fully saturated rings. The Morgan fingerprint density at radius 2 is 2.06 bits per heavy atom. The van der Waals surface area contributed by atoms with Gasteiger partial charge in [-0.2, -0.15) is 0 Å². The maximum Gasteiger partial charge on any atom is 0.0700 e. The molecule has 0 amide bonds. The topological polar surface area (TPSA) is 47.7 Å². The molecule has 1 atom stereocenters. The Bertz CT molecular complexity index is 229. The van der Waals surface area contributed by atoms with Crippen molar-refractivity contribution in [3.05, 3.63) is 0 Å². The normalized spacial score (nSPS) is 30.4. The lowest BCUT2D eigenvalue weighted by atomic mass is 9.79. The van der Waals surface area contributed by atoms with E-state index in [0.29, 0.717) is 6.10 Å². The second kappa shape index (κ2) is 6.14. The molecule has 4 heteroatoms. The molecule has 0 saturated carbocycles. The molecule has 0 aromatic carbocycles. The van der Waals surface area contributed by atoms with Crippen molar-refractivity contribution in [1.29, 1.82) is 0 Å². The number of morpholine rings is 1. The smallest absolute Gasteiger partial charge is 0.0700 e. The first kappa shape index (κ1) is 13.3. The minimum atomic E-state index is 0.286. The zero-order valence-corrected chi connectivity index (χ0v) is 11.0. The van der Waals surface area contributed by atoms with Crippen LogP contribution in [-0.2, 0) is 9.47 Å². The maximum absolute atomic E-state index is 6.01. The molecule has 2 heterocycles. The Kier molecular flexibility index (Phi) is 4.79. The van der Waals surface area contributed by atoms with E-state index >= 15 is 0 Å². The molecule has 0 radical (unpaired) electrons. The zero-order valence-electron chi connectivity index (χ0n) is 11.0. The molecule has 1 unspecified atom stereocenters. The van der Waals surface area contributed by atoms with Crippen LogP contribution in [0.25, 0.3) is 0 Å². The van der Waals surface area contributed by atoms with Crippen molar-refractivity contribution in [1.82, 2.24) is 4.90 Å². The van der Waals surface area contributed by atoms with E-state index in [2.05, 4.69) is 11.8 Å². The van der Waals surface area contributed by atoms with Crippen LogP contribution < -0.4 is 5.73 Å². The van der Waals surface area contributed by atoms with E-state index < -0.39 is 0 Å². The highest BCUT2D eigenvalue weighted by Crippen LogP contribution is 2.31. The monoisotopic (exact) mass is 242 g/mol. The van der Waals surface area contributed by atoms with Crippen molar-refractivity contribution >= 4 is 0 Å². The van der Waals surface area contributed by atoms with Crippen molar-refractivity contribution in [2.45, 2.75) is 32.3 Å². The summed E-state index contributed by atoms with van der Waals surface area (Å²) < 4.78 is 11.2. The SMILES string of the molecule is CCC1CN(CC2(CN)CCOCC2)CCO1. The summed E-state index contributed by atoms with van der Waals surface area (Å²) in [6.07, 6.45) is 3.74. The van der Waals surface area contributed by atoms with Gasteiger partial charge in [-0.1, -0.05) is 6.92 Å². The fourth-order valence-corrected chi connectivity index (χ4v) is 2.88. The molecular weight excluding hydrogens is 216 g/mol. The number of nitrogens with zero attached hydrogens (tertiary/aromatic N) is 1. The van der Waals surface area contributed by atoms with Gasteiger partial charge in [0.15, 0.2) is 0 Å². The average Bonchev–Trinajstić information content (AvgIpc) is 2.40. The van der Waals surface area contributed by atoms with Crippen LogP contribution in [0.4, 0.5) is 0 Å². The lowest BCUT2D eigenvalue weighted by molar-refractivity contribution is -0.0583. The zero-order chi connectivity index (χ0) is 12.1. The third-order valence-electron chi connectivity index (χ3n) is 4.22. The number of hydrogen-bond donors (Lipinski definition) is 1. The molecule has 4 nitrogen and oxygen atoms in total. The predicted molar refractivity (Wildman–Crippen MR) is 68.0 cm³/mol. The first-order chi connectivity index (χ1) is 8.28. The van der Waals surface area contributed by atoms with Crippen molar-refractivity contribution in [2.24, 2.45) is 11.1 Å². The number of nitrogens with two attached hydrogens (primary N) is 1. The molecule has 2 N–H and O–H groups in total. The van der Waals surface area contributed by atoms with Crippen molar-refractivity contribution in [3.63, 3.8) is 0 Å². The third kappa shape index (κ3) is 3.41. The van der Waals surface area contributed by atoms with E-state index in [0.717, 1.165) is 65.3 Å². The highest BCUT2D eigenvalue weighted by atomic mass is 16.5. The molecular formula is C13H26N2O2. The molecule has 0 aromatic heterocycles. The highest BCUT2D eigenvalue weighted by Gasteiger charge is 2.34. The lowest BCUT2D eigenvalue weighted by Crippen LogP contribution is -2.51. The van der Waals surface area contributed by atoms with Crippen molar-refractivity contribution in [3.8, 4) is 0 Å². The molecule has 2 rings (SSSR count). The standard InChI is InChI=1S/C13H26N2O2/c1-2-12-9-15(5-8-17-12)11-13(10-14)3-6-16-7-4-13/h12H,2-11,14H2,1H3. The molecule has 2 aliphatic rings. The largest absolute Gasteiger partial charge is 0.381 e. The van der Waals surface area contributed by atoms with E-state index in [1.165, 1.54) is 0 Å². The van der Waals surface area contributed by atoms with Gasteiger partial charge >= 0.3 is 0 Å². The average molecular weight is 242 g/mol. The summed E-state index contributed by atoms with van der Waals surface area (Å²) in [7, 11) is 0. The summed E-state index contributed by atoms with van der Waals surface area (Å²) in [4.78, 5) is 2.54. The maximum atomic E-state index is 6.01. The first-order valence-electron chi connectivity index (χ1n) is 6.90. The van der Waals surface area contributed by atoms with E-state index in [4.69, 9.17) is 15.2 Å². The van der Waals surface area contributed by atoms with Gasteiger partial charge in [0.2, 0.25) is 0 Å². The minimum absolute atomic E-state index is 0.286. The van der Waals surface area contributed by atoms with Gasteiger partial charge in [-0.05, 0) is 31.2 Å². The second-order valence-corrected chi connectivity index (χ2v) is 5.45. The van der Waals surface area contributed by atoms with Gasteiger partial charge < -0.3 is 15.2 Å². The molecule has 0 spiro atoms. The molecule has 0 bridgehead atoms. The lowest BCUT2D eigenvalue weighted by Gasteiger charge is -2.42. The summed E-state index contributed by atoms with van der Waals surface area (Å²) >= 11 is 0. The van der Waals surface area contributed by atoms with Gasteiger partial charge in [0.25, 0.3) is 0 Å². The predicted octanol–water partition coefficient (Wildman–Crippen LogP) is 0.853. The molecule has 2 aliphatic heterocycles. The Balaban J connectivity index is 1.88. The van der Waals surface area contributed by atoms with Crippen LogP contribution in [0.3, 0.4) is 0 Å². The summed E-state index contributed by atoms with van der Waals surface area (Å²) in [5, 5.41) is 0. The Morgan fingerprint density at radius 3 is 2.71 bits per heavy atom. The third-order valence-corrected chi connectivity index (χ3v) is 4.22. The Labute approximate surface area is 104 Å². The van der Waals surface area contributed by atoms with Crippen LogP contribution in [-0.4, -0.2) is 57.0 Å². The number of ether oxygens (including phenoxy) is 2. The van der Waals surface area contributed by atoms with Gasteiger partial charge in [0, 0.05) is 32.8 Å². The summed E-state index contributed by atoms with van der Waals surface area (Å²) in [5.74, 6) is 0. The van der Waals surface area contributed by atoms with Crippen molar-refractivity contribution < 1.29 is 9.47 Å². The molecule has 0 aliphatic carbocycles. The fourth-order valence-electron chi connectivity index (χ4n) is 2.88. The van der Waals surface area contributed by atoms with Gasteiger partial charge in [-0.15, -0.1) is 0 Å².